The molecule has 0 saturated carbocycles. The molecular formula is C18H22N2O3. The van der Waals surface area contributed by atoms with Gasteiger partial charge in [0.25, 0.3) is 0 Å². The Kier molecular flexibility index (Phi) is 5.24. The molecule has 0 aliphatic heterocycles. The molecule has 5 heteroatoms. The van der Waals surface area contributed by atoms with Gasteiger partial charge in [-0.3, -0.25) is 4.79 Å². The number of methoxy groups -OCH3 is 1. The van der Waals surface area contributed by atoms with Crippen molar-refractivity contribution in [1.29, 1.82) is 0 Å². The van der Waals surface area contributed by atoms with Gasteiger partial charge in [0.05, 0.1) is 13.7 Å². The summed E-state index contributed by atoms with van der Waals surface area (Å²) in [6.07, 6.45) is 0. The van der Waals surface area contributed by atoms with E-state index in [1.165, 1.54) is 0 Å². The van der Waals surface area contributed by atoms with Crippen LogP contribution in [0, 0.1) is 0 Å². The smallest absolute Gasteiger partial charge is 0.248 e. The molecule has 23 heavy (non-hydrogen) atoms. The van der Waals surface area contributed by atoms with Crippen molar-refractivity contribution in [2.45, 2.75) is 19.4 Å². The number of hydrogen-bond acceptors (Lipinski definition) is 4. The highest BCUT2D eigenvalue weighted by atomic mass is 16.5. The Morgan fingerprint density at radius 1 is 1.17 bits per heavy atom. The van der Waals surface area contributed by atoms with Crippen LogP contribution in [0.25, 0.3) is 0 Å². The number of carbonyl (C=O) groups excluding carboxylic acids is 1. The third-order valence-corrected chi connectivity index (χ3v) is 3.57. The molecule has 0 aliphatic carbocycles. The summed E-state index contributed by atoms with van der Waals surface area (Å²) in [7, 11) is 1.57. The zero-order chi connectivity index (χ0) is 16.9. The van der Waals surface area contributed by atoms with Gasteiger partial charge in [0.15, 0.2) is 11.5 Å². The number of carbonyl (C=O) groups is 1. The number of rotatable bonds is 6. The van der Waals surface area contributed by atoms with E-state index in [9.17, 15) is 4.79 Å². The predicted octanol–water partition coefficient (Wildman–Crippen LogP) is 2.91. The molecule has 3 N–H and O–H groups in total. The minimum absolute atomic E-state index is 0.295. The lowest BCUT2D eigenvalue weighted by Gasteiger charge is -2.24. The highest BCUT2D eigenvalue weighted by Gasteiger charge is 2.30. The molecule has 0 bridgehead atoms. The van der Waals surface area contributed by atoms with E-state index in [0.29, 0.717) is 23.8 Å². The van der Waals surface area contributed by atoms with Crippen LogP contribution in [0.15, 0.2) is 48.5 Å². The molecule has 2 aromatic rings. The highest BCUT2D eigenvalue weighted by molar-refractivity contribution is 5.98. The van der Waals surface area contributed by atoms with Gasteiger partial charge in [0.1, 0.15) is 5.54 Å². The van der Waals surface area contributed by atoms with Crippen molar-refractivity contribution >= 4 is 11.6 Å². The van der Waals surface area contributed by atoms with Gasteiger partial charge >= 0.3 is 0 Å². The molecule has 0 saturated heterocycles. The fourth-order valence-corrected chi connectivity index (χ4v) is 2.20. The molecule has 2 aromatic carbocycles. The van der Waals surface area contributed by atoms with E-state index in [1.54, 1.807) is 32.2 Å². The summed E-state index contributed by atoms with van der Waals surface area (Å²) in [6, 6.07) is 14.5. The maximum Gasteiger partial charge on any atom is 0.248 e. The SMILES string of the molecule is CCOc1cc(NC(=O)C(C)(N)c2ccccc2)ccc1OC. The van der Waals surface area contributed by atoms with Crippen LogP contribution in [0.5, 0.6) is 11.5 Å². The first-order valence-corrected chi connectivity index (χ1v) is 7.45. The van der Waals surface area contributed by atoms with Crippen molar-refractivity contribution in [2.75, 3.05) is 19.0 Å². The van der Waals surface area contributed by atoms with Crippen LogP contribution in [0.1, 0.15) is 19.4 Å². The number of amides is 1. The van der Waals surface area contributed by atoms with E-state index in [1.807, 2.05) is 37.3 Å². The van der Waals surface area contributed by atoms with Crippen LogP contribution < -0.4 is 20.5 Å². The van der Waals surface area contributed by atoms with Crippen LogP contribution in [0.4, 0.5) is 5.69 Å². The van der Waals surface area contributed by atoms with Crippen molar-refractivity contribution in [1.82, 2.24) is 0 Å². The van der Waals surface area contributed by atoms with Crippen LogP contribution in [-0.4, -0.2) is 19.6 Å². The molecular weight excluding hydrogens is 292 g/mol. The van der Waals surface area contributed by atoms with Gasteiger partial charge in [-0.15, -0.1) is 0 Å². The number of hydrogen-bond donors (Lipinski definition) is 2. The molecule has 0 fully saturated rings. The van der Waals surface area contributed by atoms with E-state index in [-0.39, 0.29) is 5.91 Å². The Bertz CT molecular complexity index is 669. The van der Waals surface area contributed by atoms with Gasteiger partial charge in [0.2, 0.25) is 5.91 Å². The van der Waals surface area contributed by atoms with Crippen molar-refractivity contribution in [3.8, 4) is 11.5 Å². The van der Waals surface area contributed by atoms with Gasteiger partial charge in [-0.25, -0.2) is 0 Å². The fourth-order valence-electron chi connectivity index (χ4n) is 2.20. The third-order valence-electron chi connectivity index (χ3n) is 3.57. The first-order valence-electron chi connectivity index (χ1n) is 7.45. The van der Waals surface area contributed by atoms with E-state index in [4.69, 9.17) is 15.2 Å². The van der Waals surface area contributed by atoms with Crippen LogP contribution in [0.2, 0.25) is 0 Å². The minimum atomic E-state index is -1.13. The van der Waals surface area contributed by atoms with Gasteiger partial charge in [-0.2, -0.15) is 0 Å². The molecule has 122 valence electrons. The standard InChI is InChI=1S/C18H22N2O3/c1-4-23-16-12-14(10-11-15(16)22-3)20-17(21)18(2,19)13-8-6-5-7-9-13/h5-12H,4,19H2,1-3H3,(H,20,21). The van der Waals surface area contributed by atoms with Crippen molar-refractivity contribution in [3.05, 3.63) is 54.1 Å². The van der Waals surface area contributed by atoms with Crippen LogP contribution >= 0.6 is 0 Å². The monoisotopic (exact) mass is 314 g/mol. The Morgan fingerprint density at radius 2 is 1.87 bits per heavy atom. The summed E-state index contributed by atoms with van der Waals surface area (Å²) in [5, 5.41) is 2.83. The summed E-state index contributed by atoms with van der Waals surface area (Å²) < 4.78 is 10.7. The van der Waals surface area contributed by atoms with E-state index in [2.05, 4.69) is 5.32 Å². The quantitative estimate of drug-likeness (QED) is 0.860. The second kappa shape index (κ2) is 7.15. The summed E-state index contributed by atoms with van der Waals surface area (Å²) in [6.45, 7) is 4.08. The van der Waals surface area contributed by atoms with Gasteiger partial charge in [-0.1, -0.05) is 30.3 Å². The zero-order valence-electron chi connectivity index (χ0n) is 13.6. The average molecular weight is 314 g/mol. The predicted molar refractivity (Wildman–Crippen MR) is 90.8 cm³/mol. The maximum absolute atomic E-state index is 12.6. The lowest BCUT2D eigenvalue weighted by atomic mass is 9.92. The van der Waals surface area contributed by atoms with Crippen LogP contribution in [-0.2, 0) is 10.3 Å². The van der Waals surface area contributed by atoms with E-state index >= 15 is 0 Å². The Hall–Kier alpha value is -2.53. The van der Waals surface area contributed by atoms with Crippen molar-refractivity contribution in [2.24, 2.45) is 5.73 Å². The normalized spacial score (nSPS) is 13.0. The van der Waals surface area contributed by atoms with Crippen molar-refractivity contribution in [3.63, 3.8) is 0 Å². The first kappa shape index (κ1) is 16.8. The van der Waals surface area contributed by atoms with Crippen LogP contribution in [0.3, 0.4) is 0 Å². The Labute approximate surface area is 136 Å². The summed E-state index contributed by atoms with van der Waals surface area (Å²) in [4.78, 5) is 12.6. The number of benzene rings is 2. The molecule has 0 aromatic heterocycles. The molecule has 0 aliphatic rings. The fraction of sp³-hybridized carbons (Fsp3) is 0.278. The lowest BCUT2D eigenvalue weighted by Crippen LogP contribution is -2.45. The third kappa shape index (κ3) is 3.81. The molecule has 0 heterocycles. The first-order chi connectivity index (χ1) is 11.0. The summed E-state index contributed by atoms with van der Waals surface area (Å²) in [5.41, 5.74) is 6.43. The largest absolute Gasteiger partial charge is 0.493 e. The number of nitrogens with two attached hydrogens (primary N) is 1. The Balaban J connectivity index is 2.21. The molecule has 0 radical (unpaired) electrons. The molecule has 1 amide bonds. The molecule has 0 spiro atoms. The summed E-state index contributed by atoms with van der Waals surface area (Å²) in [5.74, 6) is 0.894. The topological polar surface area (TPSA) is 73.6 Å². The number of ether oxygens (including phenoxy) is 2. The molecule has 1 unspecified atom stereocenters. The average Bonchev–Trinajstić information content (AvgIpc) is 2.56. The second-order valence-corrected chi connectivity index (χ2v) is 5.32. The van der Waals surface area contributed by atoms with E-state index in [0.717, 1.165) is 5.56 Å². The van der Waals surface area contributed by atoms with E-state index < -0.39 is 5.54 Å². The summed E-state index contributed by atoms with van der Waals surface area (Å²) >= 11 is 0. The molecule has 1 atom stereocenters. The maximum atomic E-state index is 12.6. The van der Waals surface area contributed by atoms with Gasteiger partial charge in [-0.05, 0) is 31.5 Å². The van der Waals surface area contributed by atoms with Gasteiger partial charge in [0, 0.05) is 11.8 Å². The minimum Gasteiger partial charge on any atom is -0.493 e. The second-order valence-electron chi connectivity index (χ2n) is 5.32. The Morgan fingerprint density at radius 3 is 2.48 bits per heavy atom. The highest BCUT2D eigenvalue weighted by Crippen LogP contribution is 2.31. The number of nitrogens with one attached hydrogen (secondary N) is 1. The lowest BCUT2D eigenvalue weighted by molar-refractivity contribution is -0.120. The molecule has 2 rings (SSSR count). The number of anilines is 1. The molecule has 5 nitrogen and oxygen atoms in total. The van der Waals surface area contributed by atoms with Crippen molar-refractivity contribution < 1.29 is 14.3 Å². The van der Waals surface area contributed by atoms with Gasteiger partial charge < -0.3 is 20.5 Å². The zero-order valence-corrected chi connectivity index (χ0v) is 13.6.